The van der Waals surface area contributed by atoms with Crippen molar-refractivity contribution < 1.29 is 23.5 Å². The molecule has 0 aliphatic rings. The Morgan fingerprint density at radius 2 is 1.76 bits per heavy atom. The van der Waals surface area contributed by atoms with E-state index in [0.29, 0.717) is 22.4 Å². The fourth-order valence-electron chi connectivity index (χ4n) is 3.11. The van der Waals surface area contributed by atoms with Gasteiger partial charge in [-0.25, -0.2) is 9.78 Å². The van der Waals surface area contributed by atoms with E-state index < -0.39 is 18.5 Å². The van der Waals surface area contributed by atoms with E-state index in [2.05, 4.69) is 15.3 Å². The van der Waals surface area contributed by atoms with E-state index in [9.17, 15) is 14.4 Å². The van der Waals surface area contributed by atoms with E-state index in [1.807, 2.05) is 13.0 Å². The van der Waals surface area contributed by atoms with E-state index in [1.54, 1.807) is 66.9 Å². The van der Waals surface area contributed by atoms with Crippen molar-refractivity contribution in [3.63, 3.8) is 0 Å². The Labute approximate surface area is 189 Å². The zero-order chi connectivity index (χ0) is 23.2. The number of para-hydroxylation sites is 1. The molecular weight excluding hydrogens is 422 g/mol. The fraction of sp³-hybridized carbons (Fsp3) is 0.0800. The summed E-state index contributed by atoms with van der Waals surface area (Å²) in [5, 5.41) is 2.62. The van der Waals surface area contributed by atoms with Crippen molar-refractivity contribution in [2.24, 2.45) is 0 Å². The molecule has 1 N–H and O–H groups in total. The summed E-state index contributed by atoms with van der Waals surface area (Å²) in [6.07, 6.45) is 2.77. The van der Waals surface area contributed by atoms with E-state index in [0.717, 1.165) is 5.69 Å². The lowest BCUT2D eigenvalue weighted by Crippen LogP contribution is -2.22. The van der Waals surface area contributed by atoms with Crippen molar-refractivity contribution in [2.75, 3.05) is 11.9 Å². The van der Waals surface area contributed by atoms with Crippen molar-refractivity contribution >= 4 is 23.3 Å². The molecule has 8 nitrogen and oxygen atoms in total. The molecule has 1 amide bonds. The summed E-state index contributed by atoms with van der Waals surface area (Å²) in [6, 6.07) is 18.8. The number of rotatable bonds is 7. The van der Waals surface area contributed by atoms with Gasteiger partial charge in [0, 0.05) is 28.6 Å². The van der Waals surface area contributed by atoms with Crippen LogP contribution in [0.4, 0.5) is 5.69 Å². The number of ether oxygens (including phenoxy) is 1. The zero-order valence-corrected chi connectivity index (χ0v) is 17.6. The van der Waals surface area contributed by atoms with Crippen LogP contribution in [-0.2, 0) is 9.53 Å². The van der Waals surface area contributed by atoms with Crippen LogP contribution >= 0.6 is 0 Å². The van der Waals surface area contributed by atoms with Gasteiger partial charge in [-0.15, -0.1) is 0 Å². The molecule has 0 radical (unpaired) electrons. The van der Waals surface area contributed by atoms with Crippen LogP contribution in [0.15, 0.2) is 83.6 Å². The van der Waals surface area contributed by atoms with Crippen LogP contribution in [0.2, 0.25) is 0 Å². The topological polar surface area (TPSA) is 111 Å². The molecule has 2 heterocycles. The molecule has 2 aromatic carbocycles. The van der Waals surface area contributed by atoms with Gasteiger partial charge in [0.05, 0.1) is 5.69 Å². The average molecular weight is 441 g/mol. The molecule has 4 rings (SSSR count). The molecule has 0 fully saturated rings. The van der Waals surface area contributed by atoms with Gasteiger partial charge in [-0.3, -0.25) is 14.6 Å². The molecule has 2 aromatic heterocycles. The average Bonchev–Trinajstić information content (AvgIpc) is 3.34. The van der Waals surface area contributed by atoms with Gasteiger partial charge in [0.1, 0.15) is 6.26 Å². The van der Waals surface area contributed by atoms with Crippen molar-refractivity contribution in [3.8, 4) is 11.5 Å². The highest BCUT2D eigenvalue weighted by Gasteiger charge is 2.18. The SMILES string of the molecule is Cc1cc(-c2nc(C(=O)OCC(=O)Nc3ccccc3C(=O)c3ccccc3)co2)ccn1. The number of pyridine rings is 1. The van der Waals surface area contributed by atoms with Crippen molar-refractivity contribution in [2.45, 2.75) is 6.92 Å². The number of amides is 1. The number of benzene rings is 2. The highest BCUT2D eigenvalue weighted by molar-refractivity contribution is 6.13. The van der Waals surface area contributed by atoms with Crippen LogP contribution in [0.25, 0.3) is 11.5 Å². The monoisotopic (exact) mass is 441 g/mol. The number of carbonyl (C=O) groups excluding carboxylic acids is 3. The van der Waals surface area contributed by atoms with E-state index >= 15 is 0 Å². The molecule has 4 aromatic rings. The predicted octanol–water partition coefficient (Wildman–Crippen LogP) is 4.07. The number of ketones is 1. The number of aromatic nitrogens is 2. The van der Waals surface area contributed by atoms with Gasteiger partial charge in [-0.1, -0.05) is 42.5 Å². The van der Waals surface area contributed by atoms with Crippen LogP contribution in [0, 0.1) is 6.92 Å². The summed E-state index contributed by atoms with van der Waals surface area (Å²) in [7, 11) is 0. The van der Waals surface area contributed by atoms with Crippen LogP contribution in [0.5, 0.6) is 0 Å². The number of aryl methyl sites for hydroxylation is 1. The largest absolute Gasteiger partial charge is 0.451 e. The molecular formula is C25H19N3O5. The summed E-state index contributed by atoms with van der Waals surface area (Å²) in [6.45, 7) is 1.27. The summed E-state index contributed by atoms with van der Waals surface area (Å²) < 4.78 is 10.4. The third-order valence-electron chi connectivity index (χ3n) is 4.67. The first kappa shape index (κ1) is 21.6. The molecule has 0 aliphatic carbocycles. The molecule has 0 saturated carbocycles. The molecule has 33 heavy (non-hydrogen) atoms. The number of oxazole rings is 1. The highest BCUT2D eigenvalue weighted by Crippen LogP contribution is 2.20. The molecule has 0 bridgehead atoms. The van der Waals surface area contributed by atoms with Crippen molar-refractivity contribution in [1.82, 2.24) is 9.97 Å². The summed E-state index contributed by atoms with van der Waals surface area (Å²) in [4.78, 5) is 45.6. The standard InChI is InChI=1S/C25H19N3O5/c1-16-13-18(11-12-26-16)24-28-21(14-32-24)25(31)33-15-22(29)27-20-10-6-5-9-19(20)23(30)17-7-3-2-4-8-17/h2-14H,15H2,1H3,(H,27,29). The predicted molar refractivity (Wildman–Crippen MR) is 120 cm³/mol. The highest BCUT2D eigenvalue weighted by atomic mass is 16.5. The van der Waals surface area contributed by atoms with Gasteiger partial charge in [-0.05, 0) is 31.2 Å². The van der Waals surface area contributed by atoms with Gasteiger partial charge in [-0.2, -0.15) is 0 Å². The third-order valence-corrected chi connectivity index (χ3v) is 4.67. The van der Waals surface area contributed by atoms with Gasteiger partial charge < -0.3 is 14.5 Å². The van der Waals surface area contributed by atoms with Crippen LogP contribution < -0.4 is 5.32 Å². The first-order chi connectivity index (χ1) is 16.0. The zero-order valence-electron chi connectivity index (χ0n) is 17.6. The van der Waals surface area contributed by atoms with E-state index in [-0.39, 0.29) is 17.4 Å². The van der Waals surface area contributed by atoms with Crippen molar-refractivity contribution in [3.05, 3.63) is 102 Å². The van der Waals surface area contributed by atoms with Crippen molar-refractivity contribution in [1.29, 1.82) is 0 Å². The Kier molecular flexibility index (Phi) is 6.36. The molecule has 0 aliphatic heterocycles. The van der Waals surface area contributed by atoms with Gasteiger partial charge in [0.2, 0.25) is 5.89 Å². The number of esters is 1. The second-order valence-electron chi connectivity index (χ2n) is 7.09. The van der Waals surface area contributed by atoms with Gasteiger partial charge in [0.15, 0.2) is 18.1 Å². The Morgan fingerprint density at radius 1 is 1.00 bits per heavy atom. The normalized spacial score (nSPS) is 10.5. The quantitative estimate of drug-likeness (QED) is 0.340. The molecule has 0 atom stereocenters. The Balaban J connectivity index is 1.39. The summed E-state index contributed by atoms with van der Waals surface area (Å²) in [5.74, 6) is -1.39. The Morgan fingerprint density at radius 3 is 2.55 bits per heavy atom. The number of nitrogens with one attached hydrogen (secondary N) is 1. The smallest absolute Gasteiger partial charge is 0.360 e. The van der Waals surface area contributed by atoms with Crippen LogP contribution in [0.1, 0.15) is 32.1 Å². The molecule has 0 unspecified atom stereocenters. The lowest BCUT2D eigenvalue weighted by atomic mass is 10.0. The minimum atomic E-state index is -0.806. The first-order valence-corrected chi connectivity index (χ1v) is 10.1. The third kappa shape index (κ3) is 5.19. The van der Waals surface area contributed by atoms with Gasteiger partial charge >= 0.3 is 5.97 Å². The molecule has 0 saturated heterocycles. The minimum absolute atomic E-state index is 0.0630. The number of anilines is 1. The Hall–Kier alpha value is -4.59. The number of nitrogens with zero attached hydrogens (tertiary/aromatic N) is 2. The minimum Gasteiger partial charge on any atom is -0.451 e. The molecule has 0 spiro atoms. The van der Waals surface area contributed by atoms with Crippen LogP contribution in [0.3, 0.4) is 0 Å². The second-order valence-corrected chi connectivity index (χ2v) is 7.09. The Bertz CT molecular complexity index is 1310. The number of hydrogen-bond donors (Lipinski definition) is 1. The lowest BCUT2D eigenvalue weighted by molar-refractivity contribution is -0.119. The van der Waals surface area contributed by atoms with E-state index in [4.69, 9.17) is 9.15 Å². The fourth-order valence-corrected chi connectivity index (χ4v) is 3.11. The number of hydrogen-bond acceptors (Lipinski definition) is 7. The lowest BCUT2D eigenvalue weighted by Gasteiger charge is -2.10. The first-order valence-electron chi connectivity index (χ1n) is 10.1. The molecule has 164 valence electrons. The maximum absolute atomic E-state index is 12.8. The summed E-state index contributed by atoms with van der Waals surface area (Å²) in [5.41, 5.74) is 2.53. The maximum Gasteiger partial charge on any atom is 0.360 e. The second kappa shape index (κ2) is 9.69. The van der Waals surface area contributed by atoms with Crippen LogP contribution in [-0.4, -0.2) is 34.2 Å². The summed E-state index contributed by atoms with van der Waals surface area (Å²) >= 11 is 0. The maximum atomic E-state index is 12.8. The van der Waals surface area contributed by atoms with E-state index in [1.165, 1.54) is 6.26 Å². The van der Waals surface area contributed by atoms with Gasteiger partial charge in [0.25, 0.3) is 5.91 Å². The number of carbonyl (C=O) groups is 3. The molecule has 8 heteroatoms.